The van der Waals surface area contributed by atoms with Gasteiger partial charge in [-0.05, 0) is 26.3 Å². The Morgan fingerprint density at radius 2 is 2.35 bits per heavy atom. The molecule has 0 saturated carbocycles. The lowest BCUT2D eigenvalue weighted by molar-refractivity contribution is -0.131. The Balaban J connectivity index is 2.15. The Morgan fingerprint density at radius 1 is 1.59 bits per heavy atom. The van der Waals surface area contributed by atoms with Gasteiger partial charge in [0.05, 0.1) is 12.0 Å². The first-order valence-corrected chi connectivity index (χ1v) is 5.89. The summed E-state index contributed by atoms with van der Waals surface area (Å²) in [5.41, 5.74) is -0.388. The highest BCUT2D eigenvalue weighted by molar-refractivity contribution is 5.82. The van der Waals surface area contributed by atoms with Crippen LogP contribution >= 0.6 is 0 Å². The highest BCUT2D eigenvalue weighted by Crippen LogP contribution is 2.25. The van der Waals surface area contributed by atoms with Gasteiger partial charge in [0.1, 0.15) is 6.61 Å². The number of nitrogens with one attached hydrogen (secondary N) is 2. The van der Waals surface area contributed by atoms with Crippen molar-refractivity contribution in [2.24, 2.45) is 5.41 Å². The average Bonchev–Trinajstić information content (AvgIpc) is 2.29. The lowest BCUT2D eigenvalue weighted by atomic mass is 9.82. The minimum absolute atomic E-state index is 0.0367. The van der Waals surface area contributed by atoms with Crippen molar-refractivity contribution in [2.75, 3.05) is 32.8 Å². The number of amides is 1. The lowest BCUT2D eigenvalue weighted by Crippen LogP contribution is -2.49. The van der Waals surface area contributed by atoms with Gasteiger partial charge in [0, 0.05) is 13.1 Å². The zero-order valence-corrected chi connectivity index (χ0v) is 10.1. The summed E-state index contributed by atoms with van der Waals surface area (Å²) in [4.78, 5) is 11.9. The fourth-order valence-electron chi connectivity index (χ4n) is 1.87. The Morgan fingerprint density at radius 3 is 2.94 bits per heavy atom. The fourth-order valence-corrected chi connectivity index (χ4v) is 1.87. The van der Waals surface area contributed by atoms with Crippen LogP contribution in [0.5, 0.6) is 0 Å². The second kappa shape index (κ2) is 6.86. The van der Waals surface area contributed by atoms with E-state index >= 15 is 0 Å². The van der Waals surface area contributed by atoms with E-state index in [9.17, 15) is 13.6 Å². The van der Waals surface area contributed by atoms with Crippen molar-refractivity contribution in [1.29, 1.82) is 0 Å². The first-order chi connectivity index (χ1) is 8.04. The summed E-state index contributed by atoms with van der Waals surface area (Å²) in [5.74, 6) is -0.0367. The van der Waals surface area contributed by atoms with Crippen LogP contribution in [0.15, 0.2) is 0 Å². The molecule has 17 heavy (non-hydrogen) atoms. The van der Waals surface area contributed by atoms with Crippen LogP contribution in [0, 0.1) is 5.41 Å². The molecule has 1 unspecified atom stereocenters. The van der Waals surface area contributed by atoms with Gasteiger partial charge >= 0.3 is 0 Å². The van der Waals surface area contributed by atoms with Crippen molar-refractivity contribution in [3.8, 4) is 0 Å². The summed E-state index contributed by atoms with van der Waals surface area (Å²) in [7, 11) is 0. The number of carbonyl (C=O) groups is 1. The number of halogens is 2. The summed E-state index contributed by atoms with van der Waals surface area (Å²) >= 11 is 0. The smallest absolute Gasteiger partial charge is 0.261 e. The van der Waals surface area contributed by atoms with E-state index in [0.717, 1.165) is 19.4 Å². The highest BCUT2D eigenvalue weighted by Gasteiger charge is 2.34. The Labute approximate surface area is 100 Å². The molecule has 0 aromatic rings. The molecule has 1 saturated heterocycles. The van der Waals surface area contributed by atoms with Crippen LogP contribution in [0.2, 0.25) is 0 Å². The SMILES string of the molecule is CC1(C(=O)NCCOCC(F)F)CCCNC1. The molecular formula is C11H20F2N2O2. The van der Waals surface area contributed by atoms with Gasteiger partial charge in [-0.1, -0.05) is 0 Å². The van der Waals surface area contributed by atoms with E-state index in [1.54, 1.807) is 0 Å². The van der Waals surface area contributed by atoms with Crippen LogP contribution in [0.4, 0.5) is 8.78 Å². The predicted molar refractivity (Wildman–Crippen MR) is 60.0 cm³/mol. The summed E-state index contributed by atoms with van der Waals surface area (Å²) in [6, 6.07) is 0. The first-order valence-electron chi connectivity index (χ1n) is 5.89. The lowest BCUT2D eigenvalue weighted by Gasteiger charge is -2.32. The van der Waals surface area contributed by atoms with Crippen LogP contribution < -0.4 is 10.6 Å². The maximum absolute atomic E-state index is 11.9. The average molecular weight is 250 g/mol. The zero-order valence-electron chi connectivity index (χ0n) is 10.1. The molecule has 100 valence electrons. The molecule has 1 rings (SSSR count). The van der Waals surface area contributed by atoms with Crippen molar-refractivity contribution in [3.05, 3.63) is 0 Å². The monoisotopic (exact) mass is 250 g/mol. The maximum atomic E-state index is 11.9. The molecule has 1 atom stereocenters. The number of ether oxygens (including phenoxy) is 1. The molecule has 0 aromatic heterocycles. The Bertz CT molecular complexity index is 244. The number of rotatable bonds is 6. The molecule has 4 nitrogen and oxygen atoms in total. The third kappa shape index (κ3) is 4.95. The summed E-state index contributed by atoms with van der Waals surface area (Å²) in [5, 5.41) is 5.90. The second-order valence-corrected chi connectivity index (χ2v) is 4.56. The van der Waals surface area contributed by atoms with Gasteiger partial charge in [0.2, 0.25) is 5.91 Å². The van der Waals surface area contributed by atoms with Crippen molar-refractivity contribution in [1.82, 2.24) is 10.6 Å². The topological polar surface area (TPSA) is 50.4 Å². The minimum Gasteiger partial charge on any atom is -0.374 e. The summed E-state index contributed by atoms with van der Waals surface area (Å²) in [6.45, 7) is 3.35. The zero-order chi connectivity index (χ0) is 12.7. The van der Waals surface area contributed by atoms with Crippen LogP contribution in [0.1, 0.15) is 19.8 Å². The number of hydrogen-bond donors (Lipinski definition) is 2. The number of piperidine rings is 1. The van der Waals surface area contributed by atoms with E-state index in [0.29, 0.717) is 6.54 Å². The molecule has 1 aliphatic heterocycles. The summed E-state index contributed by atoms with van der Waals surface area (Å²) < 4.78 is 28.2. The van der Waals surface area contributed by atoms with E-state index in [1.807, 2.05) is 6.92 Å². The molecule has 1 aliphatic rings. The Kier molecular flexibility index (Phi) is 5.77. The number of carbonyl (C=O) groups excluding carboxylic acids is 1. The largest absolute Gasteiger partial charge is 0.374 e. The van der Waals surface area contributed by atoms with Gasteiger partial charge in [-0.15, -0.1) is 0 Å². The standard InChI is InChI=1S/C11H20F2N2O2/c1-11(3-2-4-14-8-11)10(16)15-5-6-17-7-9(12)13/h9,14H,2-8H2,1H3,(H,15,16). The van der Waals surface area contributed by atoms with Crippen molar-refractivity contribution >= 4 is 5.91 Å². The highest BCUT2D eigenvalue weighted by atomic mass is 19.3. The molecule has 0 spiro atoms. The molecule has 0 radical (unpaired) electrons. The first kappa shape index (κ1) is 14.3. The van der Waals surface area contributed by atoms with E-state index in [1.165, 1.54) is 0 Å². The molecule has 6 heteroatoms. The van der Waals surface area contributed by atoms with E-state index < -0.39 is 13.0 Å². The third-order valence-corrected chi connectivity index (χ3v) is 2.92. The predicted octanol–water partition coefficient (Wildman–Crippen LogP) is 0.774. The molecule has 0 aliphatic carbocycles. The van der Waals surface area contributed by atoms with Gasteiger partial charge in [-0.2, -0.15) is 0 Å². The maximum Gasteiger partial charge on any atom is 0.261 e. The normalized spacial score (nSPS) is 24.9. The van der Waals surface area contributed by atoms with E-state index in [4.69, 9.17) is 0 Å². The van der Waals surface area contributed by atoms with Gasteiger partial charge in [0.15, 0.2) is 0 Å². The van der Waals surface area contributed by atoms with E-state index in [-0.39, 0.29) is 24.5 Å². The summed E-state index contributed by atoms with van der Waals surface area (Å²) in [6.07, 6.45) is -0.624. The van der Waals surface area contributed by atoms with Gasteiger partial charge in [0.25, 0.3) is 6.43 Å². The number of hydrogen-bond acceptors (Lipinski definition) is 3. The van der Waals surface area contributed by atoms with Gasteiger partial charge in [-0.3, -0.25) is 4.79 Å². The van der Waals surface area contributed by atoms with E-state index in [2.05, 4.69) is 15.4 Å². The van der Waals surface area contributed by atoms with Crippen molar-refractivity contribution in [2.45, 2.75) is 26.2 Å². The fraction of sp³-hybridized carbons (Fsp3) is 0.909. The molecule has 0 aromatic carbocycles. The van der Waals surface area contributed by atoms with Crippen molar-refractivity contribution in [3.63, 3.8) is 0 Å². The molecule has 2 N–H and O–H groups in total. The third-order valence-electron chi connectivity index (χ3n) is 2.92. The van der Waals surface area contributed by atoms with Crippen LogP contribution in [0.3, 0.4) is 0 Å². The van der Waals surface area contributed by atoms with Gasteiger partial charge < -0.3 is 15.4 Å². The van der Waals surface area contributed by atoms with Crippen LogP contribution in [0.25, 0.3) is 0 Å². The van der Waals surface area contributed by atoms with Crippen LogP contribution in [-0.2, 0) is 9.53 Å². The van der Waals surface area contributed by atoms with Crippen molar-refractivity contribution < 1.29 is 18.3 Å². The molecule has 0 bridgehead atoms. The molecule has 1 fully saturated rings. The minimum atomic E-state index is -2.45. The van der Waals surface area contributed by atoms with Crippen LogP contribution in [-0.4, -0.2) is 45.2 Å². The molecule has 1 heterocycles. The van der Waals surface area contributed by atoms with Gasteiger partial charge in [-0.25, -0.2) is 8.78 Å². The molecule has 1 amide bonds. The number of alkyl halides is 2. The quantitative estimate of drug-likeness (QED) is 0.685. The second-order valence-electron chi connectivity index (χ2n) is 4.56. The molecular weight excluding hydrogens is 230 g/mol. The Hall–Kier alpha value is -0.750.